The fourth-order valence-electron chi connectivity index (χ4n) is 1.48. The molecule has 1 aromatic heterocycles. The average molecular weight is 271 g/mol. The quantitative estimate of drug-likeness (QED) is 0.607. The van der Waals surface area contributed by atoms with Crippen LogP contribution in [0.2, 0.25) is 0 Å². The minimum Gasteiger partial charge on any atom is -0.489 e. The number of H-pyrrole nitrogens is 1. The second-order valence-corrected chi connectivity index (χ2v) is 3.85. The number of aromatic amines is 1. The first-order valence-electron chi connectivity index (χ1n) is 6.21. The maximum atomic E-state index is 11.4. The van der Waals surface area contributed by atoms with Gasteiger partial charge in [-0.3, -0.25) is 4.79 Å². The summed E-state index contributed by atoms with van der Waals surface area (Å²) in [6.07, 6.45) is 3.20. The van der Waals surface area contributed by atoms with E-state index in [4.69, 9.17) is 14.2 Å². The number of unbranched alkanes of at least 4 members (excludes halogenated alkanes) is 1. The van der Waals surface area contributed by atoms with Crippen LogP contribution in [0.5, 0.6) is 5.75 Å². The van der Waals surface area contributed by atoms with Gasteiger partial charge in [-0.05, 0) is 12.8 Å². The largest absolute Gasteiger partial charge is 0.489 e. The van der Waals surface area contributed by atoms with Gasteiger partial charge in [0, 0.05) is 20.3 Å². The molecule has 0 saturated carbocycles. The van der Waals surface area contributed by atoms with Crippen LogP contribution in [0.25, 0.3) is 0 Å². The van der Waals surface area contributed by atoms with E-state index in [0.717, 1.165) is 12.8 Å². The molecule has 108 valence electrons. The van der Waals surface area contributed by atoms with Crippen LogP contribution in [0.15, 0.2) is 11.1 Å². The molecule has 7 nitrogen and oxygen atoms in total. The fourth-order valence-corrected chi connectivity index (χ4v) is 1.48. The van der Waals surface area contributed by atoms with Gasteiger partial charge in [-0.1, -0.05) is 0 Å². The second kappa shape index (κ2) is 9.35. The van der Waals surface area contributed by atoms with Crippen LogP contribution in [-0.4, -0.2) is 50.6 Å². The Morgan fingerprint density at radius 2 is 2.11 bits per heavy atom. The summed E-state index contributed by atoms with van der Waals surface area (Å²) in [4.78, 5) is 17.9. The van der Waals surface area contributed by atoms with Crippen molar-refractivity contribution >= 4 is 5.82 Å². The van der Waals surface area contributed by atoms with Crippen molar-refractivity contribution in [1.29, 1.82) is 0 Å². The molecule has 1 rings (SSSR count). The Morgan fingerprint density at radius 3 is 2.84 bits per heavy atom. The Hall–Kier alpha value is -1.60. The molecular formula is C12H21N3O4. The fraction of sp³-hybridized carbons (Fsp3) is 0.667. The molecule has 0 amide bonds. The van der Waals surface area contributed by atoms with E-state index in [9.17, 15) is 4.79 Å². The van der Waals surface area contributed by atoms with Gasteiger partial charge in [0.2, 0.25) is 5.75 Å². The van der Waals surface area contributed by atoms with E-state index >= 15 is 0 Å². The molecule has 0 fully saturated rings. The van der Waals surface area contributed by atoms with Crippen molar-refractivity contribution in [3.8, 4) is 5.75 Å². The molecule has 0 aliphatic carbocycles. The predicted octanol–water partition coefficient (Wildman–Crippen LogP) is 0.634. The normalized spacial score (nSPS) is 10.4. The molecule has 1 aromatic rings. The zero-order chi connectivity index (χ0) is 13.9. The van der Waals surface area contributed by atoms with Gasteiger partial charge in [-0.2, -0.15) is 0 Å². The van der Waals surface area contributed by atoms with Crippen molar-refractivity contribution in [2.45, 2.75) is 12.8 Å². The van der Waals surface area contributed by atoms with Gasteiger partial charge in [-0.15, -0.1) is 0 Å². The summed E-state index contributed by atoms with van der Waals surface area (Å²) < 4.78 is 15.2. The molecule has 0 aliphatic rings. The molecular weight excluding hydrogens is 250 g/mol. The third-order valence-corrected chi connectivity index (χ3v) is 2.45. The molecule has 7 heteroatoms. The highest BCUT2D eigenvalue weighted by atomic mass is 16.5. The summed E-state index contributed by atoms with van der Waals surface area (Å²) >= 11 is 0. The Bertz CT molecular complexity index is 408. The van der Waals surface area contributed by atoms with E-state index < -0.39 is 0 Å². The molecule has 0 aliphatic heterocycles. The minimum absolute atomic E-state index is 0.207. The number of aromatic nitrogens is 2. The second-order valence-electron chi connectivity index (χ2n) is 3.85. The summed E-state index contributed by atoms with van der Waals surface area (Å²) in [5, 5.41) is 3.07. The molecule has 0 bridgehead atoms. The highest BCUT2D eigenvalue weighted by Gasteiger charge is 2.07. The van der Waals surface area contributed by atoms with Crippen LogP contribution in [0.1, 0.15) is 12.8 Å². The zero-order valence-electron chi connectivity index (χ0n) is 11.4. The summed E-state index contributed by atoms with van der Waals surface area (Å²) in [6, 6.07) is 0. The summed E-state index contributed by atoms with van der Waals surface area (Å²) in [7, 11) is 3.09. The van der Waals surface area contributed by atoms with Crippen LogP contribution in [-0.2, 0) is 9.47 Å². The molecule has 1 heterocycles. The van der Waals surface area contributed by atoms with E-state index in [-0.39, 0.29) is 11.3 Å². The van der Waals surface area contributed by atoms with Crippen molar-refractivity contribution in [2.24, 2.45) is 0 Å². The van der Waals surface area contributed by atoms with Crippen LogP contribution >= 0.6 is 0 Å². The lowest BCUT2D eigenvalue weighted by Gasteiger charge is -2.08. The highest BCUT2D eigenvalue weighted by molar-refractivity contribution is 5.47. The number of hydrogen-bond donors (Lipinski definition) is 2. The summed E-state index contributed by atoms with van der Waals surface area (Å²) in [5.41, 5.74) is -0.289. The summed E-state index contributed by atoms with van der Waals surface area (Å²) in [6.45, 7) is 2.64. The lowest BCUT2D eigenvalue weighted by Crippen LogP contribution is -2.15. The molecule has 0 radical (unpaired) electrons. The third kappa shape index (κ3) is 5.71. The van der Waals surface area contributed by atoms with E-state index in [2.05, 4.69) is 15.3 Å². The number of anilines is 1. The van der Waals surface area contributed by atoms with Crippen molar-refractivity contribution < 1.29 is 14.2 Å². The molecule has 0 aromatic carbocycles. The lowest BCUT2D eigenvalue weighted by molar-refractivity contribution is 0.0691. The smallest absolute Gasteiger partial charge is 0.295 e. The van der Waals surface area contributed by atoms with Crippen molar-refractivity contribution in [3.63, 3.8) is 0 Å². The molecule has 0 saturated heterocycles. The Kier molecular flexibility index (Phi) is 7.60. The Balaban J connectivity index is 2.19. The third-order valence-electron chi connectivity index (χ3n) is 2.45. The van der Waals surface area contributed by atoms with Gasteiger partial charge in [0.25, 0.3) is 5.56 Å². The van der Waals surface area contributed by atoms with Gasteiger partial charge >= 0.3 is 0 Å². The topological polar surface area (TPSA) is 85.5 Å². The van der Waals surface area contributed by atoms with Gasteiger partial charge in [0.1, 0.15) is 0 Å². The molecule has 0 unspecified atom stereocenters. The van der Waals surface area contributed by atoms with Gasteiger partial charge in [-0.25, -0.2) is 4.98 Å². The maximum Gasteiger partial charge on any atom is 0.295 e. The van der Waals surface area contributed by atoms with E-state index in [1.165, 1.54) is 13.4 Å². The molecule has 0 spiro atoms. The molecule has 2 N–H and O–H groups in total. The lowest BCUT2D eigenvalue weighted by atomic mass is 10.3. The highest BCUT2D eigenvalue weighted by Crippen LogP contribution is 2.13. The molecule has 19 heavy (non-hydrogen) atoms. The Labute approximate surface area is 112 Å². The molecule has 0 atom stereocenters. The number of rotatable bonds is 10. The van der Waals surface area contributed by atoms with Gasteiger partial charge < -0.3 is 24.5 Å². The number of hydrogen-bond acceptors (Lipinski definition) is 6. The van der Waals surface area contributed by atoms with Crippen LogP contribution < -0.4 is 15.6 Å². The van der Waals surface area contributed by atoms with E-state index in [1.807, 2.05) is 0 Å². The first kappa shape index (κ1) is 15.5. The summed E-state index contributed by atoms with van der Waals surface area (Å²) in [5.74, 6) is 0.672. The van der Waals surface area contributed by atoms with Crippen molar-refractivity contribution in [3.05, 3.63) is 16.7 Å². The number of nitrogens with zero attached hydrogens (tertiary/aromatic N) is 1. The first-order chi connectivity index (χ1) is 9.29. The van der Waals surface area contributed by atoms with Crippen LogP contribution in [0, 0.1) is 0 Å². The SMILES string of the molecule is COCCOCCCCNc1nc[nH]c(=O)c1OC. The Morgan fingerprint density at radius 1 is 1.26 bits per heavy atom. The predicted molar refractivity (Wildman–Crippen MR) is 71.8 cm³/mol. The van der Waals surface area contributed by atoms with Crippen LogP contribution in [0.3, 0.4) is 0 Å². The van der Waals surface area contributed by atoms with Crippen molar-refractivity contribution in [2.75, 3.05) is 45.9 Å². The maximum absolute atomic E-state index is 11.4. The van der Waals surface area contributed by atoms with E-state index in [1.54, 1.807) is 7.11 Å². The van der Waals surface area contributed by atoms with Crippen molar-refractivity contribution in [1.82, 2.24) is 9.97 Å². The standard InChI is InChI=1S/C12H21N3O4/c1-17-7-8-19-6-4-3-5-13-11-10(18-2)12(16)15-9-14-11/h9H,3-8H2,1-2H3,(H2,13,14,15,16). The van der Waals surface area contributed by atoms with Gasteiger partial charge in [0.05, 0.1) is 26.7 Å². The first-order valence-corrected chi connectivity index (χ1v) is 6.21. The number of nitrogens with one attached hydrogen (secondary N) is 2. The number of ether oxygens (including phenoxy) is 3. The average Bonchev–Trinajstić information content (AvgIpc) is 2.42. The van der Waals surface area contributed by atoms with Gasteiger partial charge in [0.15, 0.2) is 5.82 Å². The van der Waals surface area contributed by atoms with E-state index in [0.29, 0.717) is 32.2 Å². The minimum atomic E-state index is -0.289. The zero-order valence-corrected chi connectivity index (χ0v) is 11.4. The van der Waals surface area contributed by atoms with Crippen LogP contribution in [0.4, 0.5) is 5.82 Å². The monoisotopic (exact) mass is 271 g/mol. The number of methoxy groups -OCH3 is 2.